The third-order valence-corrected chi connectivity index (χ3v) is 3.20. The highest BCUT2D eigenvalue weighted by atomic mass is 32.2. The first-order chi connectivity index (χ1) is 8.66. The molecule has 0 aromatic carbocycles. The van der Waals surface area contributed by atoms with Crippen molar-refractivity contribution < 1.29 is 14.3 Å². The van der Waals surface area contributed by atoms with E-state index in [9.17, 15) is 4.79 Å². The minimum atomic E-state index is -0.895. The van der Waals surface area contributed by atoms with Gasteiger partial charge in [-0.25, -0.2) is 4.68 Å². The molecule has 2 heterocycles. The van der Waals surface area contributed by atoms with Crippen LogP contribution in [0.2, 0.25) is 0 Å². The summed E-state index contributed by atoms with van der Waals surface area (Å²) in [4.78, 5) is 10.5. The summed E-state index contributed by atoms with van der Waals surface area (Å²) < 4.78 is 6.86. The first-order valence-electron chi connectivity index (χ1n) is 5.31. The summed E-state index contributed by atoms with van der Waals surface area (Å²) in [6.45, 7) is 1.95. The number of rotatable bonds is 6. The summed E-state index contributed by atoms with van der Waals surface area (Å²) in [6, 6.07) is 3.70. The van der Waals surface area contributed by atoms with E-state index in [1.165, 1.54) is 0 Å². The van der Waals surface area contributed by atoms with Crippen molar-refractivity contribution in [2.24, 2.45) is 0 Å². The lowest BCUT2D eigenvalue weighted by Gasteiger charge is -2.10. The monoisotopic (exact) mass is 268 g/mol. The Labute approximate surface area is 107 Å². The number of carboxylic acids is 1. The number of thioether (sulfide) groups is 1. The van der Waals surface area contributed by atoms with Gasteiger partial charge in [0.25, 0.3) is 0 Å². The maximum atomic E-state index is 10.5. The molecule has 1 N–H and O–H groups in total. The number of tetrazole rings is 1. The minimum absolute atomic E-state index is 0.00226. The molecule has 2 rings (SSSR count). The van der Waals surface area contributed by atoms with Gasteiger partial charge in [-0.05, 0) is 29.5 Å². The SMILES string of the molecule is CC(Cc1ccco1)n1nnnc1SCC(=O)O. The van der Waals surface area contributed by atoms with Crippen LogP contribution in [0, 0.1) is 0 Å². The van der Waals surface area contributed by atoms with Crippen molar-refractivity contribution >= 4 is 17.7 Å². The number of aliphatic carboxylic acids is 1. The highest BCUT2D eigenvalue weighted by molar-refractivity contribution is 7.99. The number of nitrogens with zero attached hydrogens (tertiary/aromatic N) is 4. The van der Waals surface area contributed by atoms with E-state index in [1.807, 2.05) is 19.1 Å². The summed E-state index contributed by atoms with van der Waals surface area (Å²) in [6.07, 6.45) is 2.26. The number of carboxylic acid groups (broad SMARTS) is 1. The molecule has 8 heteroatoms. The quantitative estimate of drug-likeness (QED) is 0.788. The summed E-state index contributed by atoms with van der Waals surface area (Å²) in [7, 11) is 0. The molecule has 0 aliphatic heterocycles. The van der Waals surface area contributed by atoms with Crippen LogP contribution in [0.3, 0.4) is 0 Å². The molecule has 0 bridgehead atoms. The Morgan fingerprint density at radius 2 is 2.50 bits per heavy atom. The molecule has 0 saturated carbocycles. The Morgan fingerprint density at radius 3 is 3.17 bits per heavy atom. The fourth-order valence-corrected chi connectivity index (χ4v) is 2.19. The Balaban J connectivity index is 2.03. The fourth-order valence-electron chi connectivity index (χ4n) is 1.49. The second-order valence-electron chi connectivity index (χ2n) is 3.72. The standard InChI is InChI=1S/C10H12N4O3S/c1-7(5-8-3-2-4-17-8)14-10(11-12-13-14)18-6-9(15)16/h2-4,7H,5-6H2,1H3,(H,15,16). The lowest BCUT2D eigenvalue weighted by Crippen LogP contribution is -2.12. The van der Waals surface area contributed by atoms with Gasteiger partial charge in [0.15, 0.2) is 0 Å². The summed E-state index contributed by atoms with van der Waals surface area (Å²) in [5, 5.41) is 20.4. The number of furan rings is 1. The number of carbonyl (C=O) groups is 1. The van der Waals surface area contributed by atoms with Gasteiger partial charge in [0.05, 0.1) is 18.1 Å². The van der Waals surface area contributed by atoms with Crippen LogP contribution in [0.15, 0.2) is 28.0 Å². The molecule has 0 spiro atoms. The molecule has 0 radical (unpaired) electrons. The molecule has 18 heavy (non-hydrogen) atoms. The molecule has 2 aromatic heterocycles. The van der Waals surface area contributed by atoms with Gasteiger partial charge in [0, 0.05) is 6.42 Å². The molecule has 0 fully saturated rings. The third kappa shape index (κ3) is 3.10. The van der Waals surface area contributed by atoms with E-state index in [4.69, 9.17) is 9.52 Å². The van der Waals surface area contributed by atoms with Crippen LogP contribution >= 0.6 is 11.8 Å². The first-order valence-corrected chi connectivity index (χ1v) is 6.30. The fraction of sp³-hybridized carbons (Fsp3) is 0.400. The molecular formula is C10H12N4O3S. The number of hydrogen-bond acceptors (Lipinski definition) is 6. The summed E-state index contributed by atoms with van der Waals surface area (Å²) >= 11 is 1.10. The molecular weight excluding hydrogens is 256 g/mol. The van der Waals surface area contributed by atoms with Gasteiger partial charge in [0.1, 0.15) is 5.76 Å². The van der Waals surface area contributed by atoms with Gasteiger partial charge in [-0.1, -0.05) is 11.8 Å². The number of aromatic nitrogens is 4. The Morgan fingerprint density at radius 1 is 1.67 bits per heavy atom. The van der Waals surface area contributed by atoms with Gasteiger partial charge >= 0.3 is 5.97 Å². The van der Waals surface area contributed by atoms with Gasteiger partial charge in [-0.3, -0.25) is 4.79 Å². The predicted octanol–water partition coefficient (Wildman–Crippen LogP) is 1.25. The van der Waals surface area contributed by atoms with E-state index < -0.39 is 5.97 Å². The zero-order chi connectivity index (χ0) is 13.0. The normalized spacial score (nSPS) is 12.5. The largest absolute Gasteiger partial charge is 0.481 e. The van der Waals surface area contributed by atoms with E-state index in [2.05, 4.69) is 15.5 Å². The minimum Gasteiger partial charge on any atom is -0.481 e. The van der Waals surface area contributed by atoms with E-state index in [-0.39, 0.29) is 11.8 Å². The zero-order valence-electron chi connectivity index (χ0n) is 9.68. The van der Waals surface area contributed by atoms with Crippen LogP contribution in [0.5, 0.6) is 0 Å². The van der Waals surface area contributed by atoms with E-state index in [0.717, 1.165) is 17.5 Å². The Bertz CT molecular complexity index is 511. The highest BCUT2D eigenvalue weighted by Gasteiger charge is 2.16. The average molecular weight is 268 g/mol. The van der Waals surface area contributed by atoms with Crippen LogP contribution in [-0.4, -0.2) is 37.0 Å². The van der Waals surface area contributed by atoms with Crippen LogP contribution in [-0.2, 0) is 11.2 Å². The molecule has 96 valence electrons. The van der Waals surface area contributed by atoms with E-state index in [1.54, 1.807) is 10.9 Å². The molecule has 0 amide bonds. The molecule has 0 aliphatic rings. The maximum absolute atomic E-state index is 10.5. The van der Waals surface area contributed by atoms with Gasteiger partial charge in [0.2, 0.25) is 5.16 Å². The molecule has 0 aliphatic carbocycles. The lowest BCUT2D eigenvalue weighted by atomic mass is 10.2. The summed E-state index contributed by atoms with van der Waals surface area (Å²) in [5.74, 6) is -0.117. The molecule has 1 unspecified atom stereocenters. The summed E-state index contributed by atoms with van der Waals surface area (Å²) in [5.41, 5.74) is 0. The van der Waals surface area contributed by atoms with E-state index in [0.29, 0.717) is 11.6 Å². The number of hydrogen-bond donors (Lipinski definition) is 1. The first kappa shape index (κ1) is 12.6. The van der Waals surface area contributed by atoms with Crippen molar-refractivity contribution in [3.8, 4) is 0 Å². The van der Waals surface area contributed by atoms with Crippen molar-refractivity contribution in [2.75, 3.05) is 5.75 Å². The lowest BCUT2D eigenvalue weighted by molar-refractivity contribution is -0.133. The second kappa shape index (κ2) is 5.67. The van der Waals surface area contributed by atoms with Crippen LogP contribution in [0.1, 0.15) is 18.7 Å². The molecule has 1 atom stereocenters. The van der Waals surface area contributed by atoms with Gasteiger partial charge in [-0.15, -0.1) is 5.10 Å². The smallest absolute Gasteiger partial charge is 0.313 e. The van der Waals surface area contributed by atoms with Crippen molar-refractivity contribution in [1.29, 1.82) is 0 Å². The van der Waals surface area contributed by atoms with Crippen LogP contribution < -0.4 is 0 Å². The van der Waals surface area contributed by atoms with Crippen LogP contribution in [0.4, 0.5) is 0 Å². The van der Waals surface area contributed by atoms with Crippen LogP contribution in [0.25, 0.3) is 0 Å². The second-order valence-corrected chi connectivity index (χ2v) is 4.66. The van der Waals surface area contributed by atoms with E-state index >= 15 is 0 Å². The van der Waals surface area contributed by atoms with Crippen molar-refractivity contribution in [3.05, 3.63) is 24.2 Å². The predicted molar refractivity (Wildman–Crippen MR) is 63.3 cm³/mol. The molecule has 7 nitrogen and oxygen atoms in total. The Kier molecular flexibility index (Phi) is 3.98. The van der Waals surface area contributed by atoms with Gasteiger partial charge < -0.3 is 9.52 Å². The Hall–Kier alpha value is -1.83. The average Bonchev–Trinajstić information content (AvgIpc) is 2.96. The van der Waals surface area contributed by atoms with Gasteiger partial charge in [-0.2, -0.15) is 0 Å². The van der Waals surface area contributed by atoms with Crippen molar-refractivity contribution in [2.45, 2.75) is 24.5 Å². The molecule has 0 saturated heterocycles. The maximum Gasteiger partial charge on any atom is 0.313 e. The van der Waals surface area contributed by atoms with Crippen molar-refractivity contribution in [1.82, 2.24) is 20.2 Å². The molecule has 2 aromatic rings. The zero-order valence-corrected chi connectivity index (χ0v) is 10.5. The van der Waals surface area contributed by atoms with Crippen molar-refractivity contribution in [3.63, 3.8) is 0 Å². The third-order valence-electron chi connectivity index (χ3n) is 2.28. The topological polar surface area (TPSA) is 94.0 Å². The highest BCUT2D eigenvalue weighted by Crippen LogP contribution is 2.20.